The minimum atomic E-state index is -0.230. The van der Waals surface area contributed by atoms with Crippen molar-refractivity contribution >= 4 is 17.3 Å². The van der Waals surface area contributed by atoms with Crippen LogP contribution < -0.4 is 5.32 Å². The highest BCUT2D eigenvalue weighted by atomic mass is 16.1. The first-order valence-corrected chi connectivity index (χ1v) is 4.25. The molecule has 0 heterocycles. The van der Waals surface area contributed by atoms with Crippen molar-refractivity contribution in [1.29, 1.82) is 0 Å². The summed E-state index contributed by atoms with van der Waals surface area (Å²) in [5.41, 5.74) is 9.77. The zero-order valence-electron chi connectivity index (χ0n) is 8.27. The van der Waals surface area contributed by atoms with E-state index in [2.05, 4.69) is 21.9 Å². The van der Waals surface area contributed by atoms with Crippen LogP contribution in [0.3, 0.4) is 0 Å². The smallest absolute Gasteiger partial charge is 0.250 e. The van der Waals surface area contributed by atoms with Gasteiger partial charge in [0.25, 0.3) is 5.91 Å². The van der Waals surface area contributed by atoms with E-state index in [0.717, 1.165) is 0 Å². The molecule has 0 aliphatic carbocycles. The Bertz CT molecular complexity index is 429. The first-order valence-electron chi connectivity index (χ1n) is 4.25. The molecular formula is C10H10N4O. The molecule has 1 aromatic carbocycles. The average molecular weight is 202 g/mol. The van der Waals surface area contributed by atoms with E-state index in [1.807, 2.05) is 0 Å². The van der Waals surface area contributed by atoms with E-state index >= 15 is 0 Å². The van der Waals surface area contributed by atoms with Crippen LogP contribution in [-0.2, 0) is 4.79 Å². The van der Waals surface area contributed by atoms with Gasteiger partial charge in [-0.05, 0) is 24.6 Å². The van der Waals surface area contributed by atoms with Crippen LogP contribution in [0.15, 0.2) is 41.5 Å². The first-order chi connectivity index (χ1) is 7.13. The first kappa shape index (κ1) is 10.8. The fourth-order valence-electron chi connectivity index (χ4n) is 0.901. The van der Waals surface area contributed by atoms with E-state index < -0.39 is 0 Å². The Kier molecular flexibility index (Phi) is 3.49. The predicted octanol–water partition coefficient (Wildman–Crippen LogP) is 3.14. The summed E-state index contributed by atoms with van der Waals surface area (Å²) in [4.78, 5) is 13.9. The molecule has 1 amide bonds. The molecule has 0 aromatic heterocycles. The molecule has 0 unspecified atom stereocenters. The zero-order valence-corrected chi connectivity index (χ0v) is 8.27. The molecule has 1 aromatic rings. The Balaban J connectivity index is 2.76. The molecular weight excluding hydrogens is 192 g/mol. The van der Waals surface area contributed by atoms with Gasteiger partial charge in [0.2, 0.25) is 0 Å². The number of anilines is 1. The molecule has 0 radical (unpaired) electrons. The summed E-state index contributed by atoms with van der Waals surface area (Å²) in [6, 6.07) is 6.55. The van der Waals surface area contributed by atoms with Gasteiger partial charge < -0.3 is 5.32 Å². The summed E-state index contributed by atoms with van der Waals surface area (Å²) in [7, 11) is 0. The number of carbonyl (C=O) groups excluding carboxylic acids is 1. The van der Waals surface area contributed by atoms with Crippen molar-refractivity contribution in [2.75, 3.05) is 5.32 Å². The number of benzene rings is 1. The summed E-state index contributed by atoms with van der Waals surface area (Å²) in [6.07, 6.45) is 0. The number of hydrogen-bond acceptors (Lipinski definition) is 2. The van der Waals surface area contributed by atoms with Crippen molar-refractivity contribution in [3.8, 4) is 0 Å². The maximum atomic E-state index is 11.2. The van der Waals surface area contributed by atoms with E-state index in [9.17, 15) is 4.79 Å². The van der Waals surface area contributed by atoms with Gasteiger partial charge in [-0.3, -0.25) is 4.79 Å². The third kappa shape index (κ3) is 3.17. The van der Waals surface area contributed by atoms with Crippen molar-refractivity contribution in [3.05, 3.63) is 46.9 Å². The van der Waals surface area contributed by atoms with Crippen LogP contribution in [0.4, 0.5) is 11.4 Å². The lowest BCUT2D eigenvalue weighted by molar-refractivity contribution is -0.112. The Morgan fingerprint density at radius 2 is 2.07 bits per heavy atom. The van der Waals surface area contributed by atoms with E-state index in [1.165, 1.54) is 0 Å². The number of azide groups is 1. The van der Waals surface area contributed by atoms with Gasteiger partial charge in [0, 0.05) is 21.9 Å². The molecule has 0 atom stereocenters. The molecule has 0 saturated heterocycles. The minimum absolute atomic E-state index is 0.230. The highest BCUT2D eigenvalue weighted by Gasteiger charge is 2.01. The maximum absolute atomic E-state index is 11.2. The summed E-state index contributed by atoms with van der Waals surface area (Å²) in [5.74, 6) is -0.230. The fourth-order valence-corrected chi connectivity index (χ4v) is 0.901. The molecule has 76 valence electrons. The van der Waals surface area contributed by atoms with Crippen LogP contribution in [0.2, 0.25) is 0 Å². The van der Waals surface area contributed by atoms with E-state index in [-0.39, 0.29) is 5.91 Å². The van der Waals surface area contributed by atoms with Gasteiger partial charge >= 0.3 is 0 Å². The number of nitrogens with zero attached hydrogens (tertiary/aromatic N) is 3. The Morgan fingerprint density at radius 1 is 1.47 bits per heavy atom. The molecule has 0 bridgehead atoms. The lowest BCUT2D eigenvalue weighted by Crippen LogP contribution is -2.11. The van der Waals surface area contributed by atoms with Crippen molar-refractivity contribution in [1.82, 2.24) is 0 Å². The molecule has 5 heteroatoms. The predicted molar refractivity (Wildman–Crippen MR) is 58.7 cm³/mol. The molecule has 1 N–H and O–H groups in total. The number of amides is 1. The number of carbonyl (C=O) groups is 1. The SMILES string of the molecule is C=C(C)C(=O)Nc1ccc(N=[N+]=[N-])cc1. The molecule has 0 fully saturated rings. The van der Waals surface area contributed by atoms with E-state index in [0.29, 0.717) is 16.9 Å². The third-order valence-electron chi connectivity index (χ3n) is 1.67. The lowest BCUT2D eigenvalue weighted by atomic mass is 10.2. The van der Waals surface area contributed by atoms with Crippen LogP contribution in [-0.4, -0.2) is 5.91 Å². The molecule has 5 nitrogen and oxygen atoms in total. The van der Waals surface area contributed by atoms with Crippen LogP contribution in [0, 0.1) is 0 Å². The van der Waals surface area contributed by atoms with Crippen LogP contribution in [0.5, 0.6) is 0 Å². The quantitative estimate of drug-likeness (QED) is 0.347. The van der Waals surface area contributed by atoms with Crippen molar-refractivity contribution < 1.29 is 4.79 Å². The van der Waals surface area contributed by atoms with Crippen molar-refractivity contribution in [2.24, 2.45) is 5.11 Å². The molecule has 0 spiro atoms. The van der Waals surface area contributed by atoms with Crippen LogP contribution in [0.25, 0.3) is 10.4 Å². The van der Waals surface area contributed by atoms with Gasteiger partial charge in [0.05, 0.1) is 0 Å². The largest absolute Gasteiger partial charge is 0.322 e. The molecule has 15 heavy (non-hydrogen) atoms. The highest BCUT2D eigenvalue weighted by Crippen LogP contribution is 2.16. The summed E-state index contributed by atoms with van der Waals surface area (Å²) >= 11 is 0. The lowest BCUT2D eigenvalue weighted by Gasteiger charge is -2.03. The molecule has 0 aliphatic heterocycles. The molecule has 0 aliphatic rings. The standard InChI is InChI=1S/C10H10N4O/c1-7(2)10(15)12-8-3-5-9(6-4-8)13-14-11/h3-6H,1H2,2H3,(H,12,15). The van der Waals surface area contributed by atoms with Gasteiger partial charge in [-0.25, -0.2) is 0 Å². The van der Waals surface area contributed by atoms with E-state index in [1.54, 1.807) is 31.2 Å². The third-order valence-corrected chi connectivity index (χ3v) is 1.67. The topological polar surface area (TPSA) is 77.9 Å². The molecule has 0 saturated carbocycles. The summed E-state index contributed by atoms with van der Waals surface area (Å²) < 4.78 is 0. The molecule has 1 rings (SSSR count). The minimum Gasteiger partial charge on any atom is -0.322 e. The van der Waals surface area contributed by atoms with Gasteiger partial charge in [0.1, 0.15) is 0 Å². The average Bonchev–Trinajstić information content (AvgIpc) is 2.21. The zero-order chi connectivity index (χ0) is 11.3. The maximum Gasteiger partial charge on any atom is 0.250 e. The Hall–Kier alpha value is -2.26. The Labute approximate surface area is 87.0 Å². The van der Waals surface area contributed by atoms with Crippen LogP contribution in [0.1, 0.15) is 6.92 Å². The van der Waals surface area contributed by atoms with Gasteiger partial charge in [-0.1, -0.05) is 23.8 Å². The normalized spacial score (nSPS) is 8.87. The fraction of sp³-hybridized carbons (Fsp3) is 0.100. The Morgan fingerprint density at radius 3 is 2.53 bits per heavy atom. The number of nitrogens with one attached hydrogen (secondary N) is 1. The van der Waals surface area contributed by atoms with Gasteiger partial charge in [-0.15, -0.1) is 0 Å². The van der Waals surface area contributed by atoms with Crippen molar-refractivity contribution in [3.63, 3.8) is 0 Å². The van der Waals surface area contributed by atoms with Gasteiger partial charge in [-0.2, -0.15) is 0 Å². The second kappa shape index (κ2) is 4.83. The summed E-state index contributed by atoms with van der Waals surface area (Å²) in [5, 5.41) is 6.05. The van der Waals surface area contributed by atoms with Crippen molar-refractivity contribution in [2.45, 2.75) is 6.92 Å². The number of rotatable bonds is 3. The van der Waals surface area contributed by atoms with Crippen LogP contribution >= 0.6 is 0 Å². The second-order valence-corrected chi connectivity index (χ2v) is 2.97. The monoisotopic (exact) mass is 202 g/mol. The second-order valence-electron chi connectivity index (χ2n) is 2.97. The van der Waals surface area contributed by atoms with Gasteiger partial charge in [0.15, 0.2) is 0 Å². The summed E-state index contributed by atoms with van der Waals surface area (Å²) in [6.45, 7) is 5.15. The van der Waals surface area contributed by atoms with E-state index in [4.69, 9.17) is 5.53 Å². The highest BCUT2D eigenvalue weighted by molar-refractivity contribution is 6.02. The number of hydrogen-bond donors (Lipinski definition) is 1.